The van der Waals surface area contributed by atoms with E-state index in [9.17, 15) is 4.79 Å². The lowest BCUT2D eigenvalue weighted by Crippen LogP contribution is -2.51. The Morgan fingerprint density at radius 3 is 3.21 bits per heavy atom. The lowest BCUT2D eigenvalue weighted by molar-refractivity contribution is 0.116. The Balaban J connectivity index is 1.63. The molecule has 2 aliphatic rings. The van der Waals surface area contributed by atoms with E-state index in [4.69, 9.17) is 5.84 Å². The van der Waals surface area contributed by atoms with Crippen LogP contribution in [0.15, 0.2) is 18.2 Å². The fourth-order valence-corrected chi connectivity index (χ4v) is 2.69. The van der Waals surface area contributed by atoms with Gasteiger partial charge in [-0.25, -0.2) is 15.6 Å². The summed E-state index contributed by atoms with van der Waals surface area (Å²) in [6, 6.07) is 6.12. The molecule has 7 heteroatoms. The van der Waals surface area contributed by atoms with Gasteiger partial charge in [-0.1, -0.05) is 6.07 Å². The zero-order valence-electron chi connectivity index (χ0n) is 10.7. The van der Waals surface area contributed by atoms with Gasteiger partial charge < -0.3 is 15.6 Å². The van der Waals surface area contributed by atoms with E-state index in [-0.39, 0.29) is 12.1 Å². The molecule has 0 bridgehead atoms. The van der Waals surface area contributed by atoms with Crippen LogP contribution in [0.1, 0.15) is 5.69 Å². The number of pyridine rings is 1. The Morgan fingerprint density at radius 1 is 1.47 bits per heavy atom. The van der Waals surface area contributed by atoms with Crippen LogP contribution in [0, 0.1) is 0 Å². The molecule has 1 atom stereocenters. The molecular formula is C12H18N6O. The molecule has 0 saturated carbocycles. The molecule has 0 aromatic carbocycles. The Hall–Kier alpha value is -1.86. The number of fused-ring (bicyclic) bond motifs is 1. The topological polar surface area (TPSA) is 86.5 Å². The normalized spacial score (nSPS) is 23.1. The standard InChI is InChI=1S/C12H18N6O/c13-16-11-3-1-2-9(15-11)7-17-4-5-18-10(8-17)6-14-12(18)19/h1-3,10H,4-8,13H2,(H,14,19)(H,15,16). The molecule has 0 aliphatic carbocycles. The number of aromatic nitrogens is 1. The smallest absolute Gasteiger partial charge is 0.317 e. The van der Waals surface area contributed by atoms with Crippen molar-refractivity contribution in [3.05, 3.63) is 23.9 Å². The third kappa shape index (κ3) is 2.47. The molecule has 0 radical (unpaired) electrons. The van der Waals surface area contributed by atoms with Crippen LogP contribution in [-0.2, 0) is 6.54 Å². The van der Waals surface area contributed by atoms with E-state index in [1.807, 2.05) is 23.1 Å². The van der Waals surface area contributed by atoms with Crippen molar-refractivity contribution < 1.29 is 4.79 Å². The van der Waals surface area contributed by atoms with E-state index in [2.05, 4.69) is 20.6 Å². The van der Waals surface area contributed by atoms with E-state index in [1.54, 1.807) is 0 Å². The molecule has 1 unspecified atom stereocenters. The monoisotopic (exact) mass is 262 g/mol. The van der Waals surface area contributed by atoms with Crippen molar-refractivity contribution in [2.24, 2.45) is 5.84 Å². The summed E-state index contributed by atoms with van der Waals surface area (Å²) in [5, 5.41) is 2.88. The van der Waals surface area contributed by atoms with Gasteiger partial charge in [0.15, 0.2) is 0 Å². The van der Waals surface area contributed by atoms with E-state index in [0.29, 0.717) is 5.82 Å². The second-order valence-electron chi connectivity index (χ2n) is 4.93. The highest BCUT2D eigenvalue weighted by molar-refractivity contribution is 5.77. The highest BCUT2D eigenvalue weighted by Crippen LogP contribution is 2.16. The first-order valence-corrected chi connectivity index (χ1v) is 6.45. The fraction of sp³-hybridized carbons (Fsp3) is 0.500. The van der Waals surface area contributed by atoms with Crippen molar-refractivity contribution in [1.29, 1.82) is 0 Å². The first kappa shape index (κ1) is 12.2. The summed E-state index contributed by atoms with van der Waals surface area (Å²) >= 11 is 0. The molecule has 1 aromatic heterocycles. The van der Waals surface area contributed by atoms with E-state index in [0.717, 1.165) is 38.4 Å². The number of nitrogens with one attached hydrogen (secondary N) is 2. The quantitative estimate of drug-likeness (QED) is 0.508. The fourth-order valence-electron chi connectivity index (χ4n) is 2.69. The van der Waals surface area contributed by atoms with Crippen molar-refractivity contribution in [3.8, 4) is 0 Å². The maximum absolute atomic E-state index is 11.5. The number of hydrogen-bond acceptors (Lipinski definition) is 5. The van der Waals surface area contributed by atoms with Gasteiger partial charge in [0.05, 0.1) is 11.7 Å². The number of hydrazine groups is 1. The summed E-state index contributed by atoms with van der Waals surface area (Å²) < 4.78 is 0. The van der Waals surface area contributed by atoms with Crippen LogP contribution >= 0.6 is 0 Å². The van der Waals surface area contributed by atoms with Crippen LogP contribution in [0.4, 0.5) is 10.6 Å². The Labute approximate surface area is 111 Å². The van der Waals surface area contributed by atoms with Crippen LogP contribution in [-0.4, -0.2) is 53.0 Å². The van der Waals surface area contributed by atoms with Crippen molar-refractivity contribution in [2.45, 2.75) is 12.6 Å². The minimum Gasteiger partial charge on any atom is -0.336 e. The Bertz CT molecular complexity index is 479. The highest BCUT2D eigenvalue weighted by atomic mass is 16.2. The molecule has 2 saturated heterocycles. The molecule has 2 aliphatic heterocycles. The van der Waals surface area contributed by atoms with Crippen LogP contribution in [0.2, 0.25) is 0 Å². The highest BCUT2D eigenvalue weighted by Gasteiger charge is 2.35. The predicted octanol–water partition coefficient (Wildman–Crippen LogP) is -0.423. The molecule has 1 aromatic rings. The van der Waals surface area contributed by atoms with Crippen LogP contribution in [0.25, 0.3) is 0 Å². The number of amides is 2. The number of rotatable bonds is 3. The molecule has 2 fully saturated rings. The van der Waals surface area contributed by atoms with Crippen molar-refractivity contribution in [2.75, 3.05) is 31.6 Å². The van der Waals surface area contributed by atoms with Gasteiger partial charge in [-0.15, -0.1) is 0 Å². The van der Waals surface area contributed by atoms with Crippen molar-refractivity contribution in [1.82, 2.24) is 20.1 Å². The minimum atomic E-state index is 0.0668. The third-order valence-electron chi connectivity index (χ3n) is 3.66. The van der Waals surface area contributed by atoms with Crippen LogP contribution in [0.3, 0.4) is 0 Å². The average Bonchev–Trinajstić information content (AvgIpc) is 2.80. The SMILES string of the molecule is NNc1cccc(CN2CCN3C(=O)NCC3C2)n1. The van der Waals surface area contributed by atoms with E-state index in [1.165, 1.54) is 0 Å². The maximum Gasteiger partial charge on any atom is 0.317 e. The molecule has 2 amide bonds. The molecule has 3 heterocycles. The maximum atomic E-state index is 11.5. The second-order valence-corrected chi connectivity index (χ2v) is 4.93. The number of hydrogen-bond donors (Lipinski definition) is 3. The largest absolute Gasteiger partial charge is 0.336 e. The third-order valence-corrected chi connectivity index (χ3v) is 3.66. The number of nitrogens with two attached hydrogens (primary N) is 1. The minimum absolute atomic E-state index is 0.0668. The Kier molecular flexibility index (Phi) is 3.22. The van der Waals surface area contributed by atoms with Gasteiger partial charge in [-0.05, 0) is 12.1 Å². The first-order valence-electron chi connectivity index (χ1n) is 6.45. The summed E-state index contributed by atoms with van der Waals surface area (Å²) in [6.07, 6.45) is 0. The van der Waals surface area contributed by atoms with Crippen molar-refractivity contribution in [3.63, 3.8) is 0 Å². The van der Waals surface area contributed by atoms with E-state index >= 15 is 0 Å². The van der Waals surface area contributed by atoms with Gasteiger partial charge >= 0.3 is 6.03 Å². The number of carbonyl (C=O) groups excluding carboxylic acids is 1. The molecule has 3 rings (SSSR count). The molecule has 102 valence electrons. The zero-order valence-corrected chi connectivity index (χ0v) is 10.7. The number of piperazine rings is 1. The van der Waals surface area contributed by atoms with Crippen molar-refractivity contribution >= 4 is 11.8 Å². The first-order chi connectivity index (χ1) is 9.26. The summed E-state index contributed by atoms with van der Waals surface area (Å²) in [5.74, 6) is 6.03. The summed E-state index contributed by atoms with van der Waals surface area (Å²) in [6.45, 7) is 4.08. The molecule has 4 N–H and O–H groups in total. The van der Waals surface area contributed by atoms with Gasteiger partial charge in [0, 0.05) is 32.7 Å². The Morgan fingerprint density at radius 2 is 2.37 bits per heavy atom. The van der Waals surface area contributed by atoms with Gasteiger partial charge in [0.1, 0.15) is 5.82 Å². The van der Waals surface area contributed by atoms with E-state index < -0.39 is 0 Å². The van der Waals surface area contributed by atoms with Crippen LogP contribution < -0.4 is 16.6 Å². The van der Waals surface area contributed by atoms with Crippen LogP contribution in [0.5, 0.6) is 0 Å². The zero-order chi connectivity index (χ0) is 13.2. The number of carbonyl (C=O) groups is 1. The summed E-state index contributed by atoms with van der Waals surface area (Å²) in [5.41, 5.74) is 3.54. The lowest BCUT2D eigenvalue weighted by atomic mass is 10.2. The molecular weight excluding hydrogens is 244 g/mol. The average molecular weight is 262 g/mol. The molecule has 7 nitrogen and oxygen atoms in total. The number of anilines is 1. The van der Waals surface area contributed by atoms with Gasteiger partial charge in [0.2, 0.25) is 0 Å². The lowest BCUT2D eigenvalue weighted by Gasteiger charge is -2.36. The second kappa shape index (κ2) is 5.02. The number of urea groups is 1. The van der Waals surface area contributed by atoms with Gasteiger partial charge in [-0.3, -0.25) is 4.90 Å². The predicted molar refractivity (Wildman–Crippen MR) is 71.2 cm³/mol. The van der Waals surface area contributed by atoms with Gasteiger partial charge in [-0.2, -0.15) is 0 Å². The summed E-state index contributed by atoms with van der Waals surface area (Å²) in [4.78, 5) is 20.2. The summed E-state index contributed by atoms with van der Waals surface area (Å²) in [7, 11) is 0. The van der Waals surface area contributed by atoms with Gasteiger partial charge in [0.25, 0.3) is 0 Å². The molecule has 0 spiro atoms. The molecule has 19 heavy (non-hydrogen) atoms. The number of nitrogens with zero attached hydrogens (tertiary/aromatic N) is 3. The number of nitrogen functional groups attached to an aromatic ring is 1.